The van der Waals surface area contributed by atoms with Crippen molar-refractivity contribution in [3.05, 3.63) is 71.3 Å². The Kier molecular flexibility index (Phi) is 7.33. The molecule has 1 heterocycles. The van der Waals surface area contributed by atoms with E-state index in [1.807, 2.05) is 0 Å². The number of benzene rings is 3. The van der Waals surface area contributed by atoms with Gasteiger partial charge in [-0.25, -0.2) is 9.59 Å². The van der Waals surface area contributed by atoms with E-state index in [2.05, 4.69) is 15.6 Å². The van der Waals surface area contributed by atoms with Crippen molar-refractivity contribution < 1.29 is 23.9 Å². The number of nitrogens with two attached hydrogens (primary N) is 1. The van der Waals surface area contributed by atoms with Crippen LogP contribution >= 0.6 is 0 Å². The number of carbonyl (C=O) groups is 3. The lowest BCUT2D eigenvalue weighted by molar-refractivity contribution is -0.131. The molecule has 1 aliphatic heterocycles. The number of ether oxygens (including phenoxy) is 2. The predicted molar refractivity (Wildman–Crippen MR) is 139 cm³/mol. The molecule has 1 amide bonds. The van der Waals surface area contributed by atoms with E-state index < -0.39 is 24.5 Å². The zero-order valence-electron chi connectivity index (χ0n) is 20.3. The molecule has 0 aliphatic carbocycles. The number of amides is 1. The summed E-state index contributed by atoms with van der Waals surface area (Å²) < 4.78 is 10.8. The normalized spacial score (nSPS) is 12.3. The first-order valence-electron chi connectivity index (χ1n) is 11.4. The lowest BCUT2D eigenvalue weighted by atomic mass is 10.0. The average Bonchev–Trinajstić information content (AvgIpc) is 3.39. The first-order chi connectivity index (χ1) is 17.7. The van der Waals surface area contributed by atoms with Crippen LogP contribution in [0, 0.1) is 5.41 Å². The smallest absolute Gasteiger partial charge is 0.343 e. The van der Waals surface area contributed by atoms with Gasteiger partial charge in [-0.3, -0.25) is 15.2 Å². The number of rotatable bonds is 7. The molecule has 3 aromatic carbocycles. The molecule has 5 N–H and O–H groups in total. The SMILES string of the molecule is CN(C)C(=O)COC(=O)c1c(OC(=O)c2ccc(NC3=NCCN3)cc2)ccc2cc(C(=N)N)ccc12. The van der Waals surface area contributed by atoms with E-state index in [0.717, 1.165) is 12.2 Å². The van der Waals surface area contributed by atoms with Crippen LogP contribution in [0.3, 0.4) is 0 Å². The van der Waals surface area contributed by atoms with Crippen LogP contribution in [0.15, 0.2) is 59.6 Å². The molecule has 0 fully saturated rings. The van der Waals surface area contributed by atoms with E-state index in [-0.39, 0.29) is 22.7 Å². The maximum absolute atomic E-state index is 13.1. The second kappa shape index (κ2) is 10.8. The molecule has 0 saturated heterocycles. The van der Waals surface area contributed by atoms with Crippen LogP contribution in [-0.2, 0) is 9.53 Å². The van der Waals surface area contributed by atoms with Gasteiger partial charge < -0.3 is 30.7 Å². The van der Waals surface area contributed by atoms with Crippen LogP contribution in [0.1, 0.15) is 26.3 Å². The van der Waals surface area contributed by atoms with Gasteiger partial charge in [0, 0.05) is 37.3 Å². The van der Waals surface area contributed by atoms with E-state index in [4.69, 9.17) is 20.6 Å². The number of hydrogen-bond donors (Lipinski definition) is 4. The molecule has 37 heavy (non-hydrogen) atoms. The second-order valence-corrected chi connectivity index (χ2v) is 8.40. The summed E-state index contributed by atoms with van der Waals surface area (Å²) in [6.45, 7) is 0.987. The quantitative estimate of drug-likeness (QED) is 0.165. The van der Waals surface area contributed by atoms with Crippen molar-refractivity contribution in [1.82, 2.24) is 10.2 Å². The highest BCUT2D eigenvalue weighted by Gasteiger charge is 2.22. The van der Waals surface area contributed by atoms with Crippen LogP contribution in [-0.4, -0.2) is 68.3 Å². The van der Waals surface area contributed by atoms with Gasteiger partial charge in [-0.05, 0) is 41.8 Å². The standard InChI is InChI=1S/C26H26N6O5/c1-32(2)21(33)14-36-25(35)22-19-9-5-17(23(27)28)13-16(19)6-10-20(22)37-24(34)15-3-7-18(8-4-15)31-26-29-11-12-30-26/h3-10,13H,11-12,14H2,1-2H3,(H3,27,28)(H2,29,30,31). The van der Waals surface area contributed by atoms with Crippen molar-refractivity contribution in [2.45, 2.75) is 0 Å². The fourth-order valence-electron chi connectivity index (χ4n) is 3.57. The number of esters is 2. The third-order valence-electron chi connectivity index (χ3n) is 5.58. The van der Waals surface area contributed by atoms with Crippen LogP contribution in [0.2, 0.25) is 0 Å². The summed E-state index contributed by atoms with van der Waals surface area (Å²) in [4.78, 5) is 43.5. The largest absolute Gasteiger partial charge is 0.452 e. The number of amidine groups is 1. The Morgan fingerprint density at radius 1 is 1.05 bits per heavy atom. The third-order valence-corrected chi connectivity index (χ3v) is 5.58. The first-order valence-corrected chi connectivity index (χ1v) is 11.4. The maximum Gasteiger partial charge on any atom is 0.343 e. The molecule has 0 aromatic heterocycles. The van der Waals surface area contributed by atoms with Gasteiger partial charge in [0.1, 0.15) is 17.1 Å². The number of nitrogens with one attached hydrogen (secondary N) is 3. The minimum absolute atomic E-state index is 0.0175. The van der Waals surface area contributed by atoms with Gasteiger partial charge in [-0.1, -0.05) is 18.2 Å². The number of guanidine groups is 1. The summed E-state index contributed by atoms with van der Waals surface area (Å²) in [6.07, 6.45) is 0. The Morgan fingerprint density at radius 3 is 2.43 bits per heavy atom. The number of fused-ring (bicyclic) bond motifs is 1. The Morgan fingerprint density at radius 2 is 1.78 bits per heavy atom. The molecule has 11 heteroatoms. The summed E-state index contributed by atoms with van der Waals surface area (Å²) in [7, 11) is 3.09. The van der Waals surface area contributed by atoms with Crippen LogP contribution in [0.5, 0.6) is 5.75 Å². The summed E-state index contributed by atoms with van der Waals surface area (Å²) in [5.41, 5.74) is 7.05. The van der Waals surface area contributed by atoms with E-state index in [9.17, 15) is 14.4 Å². The minimum atomic E-state index is -0.830. The van der Waals surface area contributed by atoms with Crippen molar-refractivity contribution in [1.29, 1.82) is 5.41 Å². The average molecular weight is 503 g/mol. The molecule has 0 bridgehead atoms. The Bertz CT molecular complexity index is 1410. The van der Waals surface area contributed by atoms with Crippen molar-refractivity contribution in [3.8, 4) is 5.75 Å². The summed E-state index contributed by atoms with van der Waals surface area (Å²) in [5.74, 6) is -1.41. The molecule has 0 saturated carbocycles. The number of aliphatic imine (C=N–C) groups is 1. The highest BCUT2D eigenvalue weighted by Crippen LogP contribution is 2.30. The van der Waals surface area contributed by atoms with Gasteiger partial charge in [-0.15, -0.1) is 0 Å². The Hall–Kier alpha value is -4.93. The summed E-state index contributed by atoms with van der Waals surface area (Å²) in [5, 5.41) is 14.9. The number of nitrogens with zero attached hydrogens (tertiary/aromatic N) is 2. The molecular weight excluding hydrogens is 476 g/mol. The lowest BCUT2D eigenvalue weighted by Crippen LogP contribution is -2.27. The molecule has 11 nitrogen and oxygen atoms in total. The Labute approximate surface area is 212 Å². The van der Waals surface area contributed by atoms with E-state index >= 15 is 0 Å². The lowest BCUT2D eigenvalue weighted by Gasteiger charge is -2.15. The molecule has 0 atom stereocenters. The monoisotopic (exact) mass is 502 g/mol. The van der Waals surface area contributed by atoms with Crippen molar-refractivity contribution in [2.75, 3.05) is 39.1 Å². The zero-order chi connectivity index (χ0) is 26.5. The van der Waals surface area contributed by atoms with Gasteiger partial charge in [0.05, 0.1) is 12.1 Å². The fourth-order valence-corrected chi connectivity index (χ4v) is 3.57. The van der Waals surface area contributed by atoms with Crippen LogP contribution in [0.4, 0.5) is 5.69 Å². The van der Waals surface area contributed by atoms with E-state index in [1.54, 1.807) is 62.6 Å². The molecule has 4 rings (SSSR count). The first kappa shape index (κ1) is 25.2. The van der Waals surface area contributed by atoms with Gasteiger partial charge in [-0.2, -0.15) is 0 Å². The van der Waals surface area contributed by atoms with Crippen molar-refractivity contribution in [3.63, 3.8) is 0 Å². The highest BCUT2D eigenvalue weighted by atomic mass is 16.6. The Balaban J connectivity index is 1.62. The molecular formula is C26H26N6O5. The minimum Gasteiger partial charge on any atom is -0.452 e. The third kappa shape index (κ3) is 5.84. The summed E-state index contributed by atoms with van der Waals surface area (Å²) >= 11 is 0. The van der Waals surface area contributed by atoms with E-state index in [0.29, 0.717) is 28.8 Å². The molecule has 190 valence electrons. The van der Waals surface area contributed by atoms with Gasteiger partial charge in [0.15, 0.2) is 12.6 Å². The molecule has 3 aromatic rings. The fraction of sp³-hybridized carbons (Fsp3) is 0.192. The number of nitrogen functional groups attached to an aromatic ring is 1. The van der Waals surface area contributed by atoms with Gasteiger partial charge >= 0.3 is 11.9 Å². The maximum atomic E-state index is 13.1. The topological polar surface area (TPSA) is 159 Å². The van der Waals surface area contributed by atoms with Crippen LogP contribution in [0.25, 0.3) is 10.8 Å². The molecule has 0 spiro atoms. The second-order valence-electron chi connectivity index (χ2n) is 8.40. The van der Waals surface area contributed by atoms with Crippen molar-refractivity contribution in [2.24, 2.45) is 10.7 Å². The number of likely N-dealkylation sites (N-methyl/N-ethyl adjacent to an activating group) is 1. The van der Waals surface area contributed by atoms with Gasteiger partial charge in [0.2, 0.25) is 0 Å². The van der Waals surface area contributed by atoms with Crippen LogP contribution < -0.4 is 21.1 Å². The highest BCUT2D eigenvalue weighted by molar-refractivity contribution is 6.10. The molecule has 0 radical (unpaired) electrons. The molecule has 0 unspecified atom stereocenters. The van der Waals surface area contributed by atoms with Gasteiger partial charge in [0.25, 0.3) is 5.91 Å². The number of hydrogen-bond acceptors (Lipinski definition) is 9. The molecule has 1 aliphatic rings. The zero-order valence-corrected chi connectivity index (χ0v) is 20.3. The van der Waals surface area contributed by atoms with Crippen molar-refractivity contribution >= 4 is 46.1 Å². The summed E-state index contributed by atoms with van der Waals surface area (Å²) in [6, 6.07) is 14.5. The number of anilines is 1. The van der Waals surface area contributed by atoms with E-state index in [1.165, 1.54) is 11.0 Å². The number of carbonyl (C=O) groups excluding carboxylic acids is 3. The predicted octanol–water partition coefficient (Wildman–Crippen LogP) is 1.96.